The van der Waals surface area contributed by atoms with Crippen molar-refractivity contribution in [1.82, 2.24) is 15.5 Å². The Morgan fingerprint density at radius 1 is 1.15 bits per heavy atom. The number of hydrogen-bond donors (Lipinski definition) is 2. The Bertz CT molecular complexity index is 530. The lowest BCUT2D eigenvalue weighted by Crippen LogP contribution is -2.39. The third kappa shape index (κ3) is 9.62. The molecule has 7 heteroatoms. The fourth-order valence-corrected chi connectivity index (χ4v) is 2.94. The molecule has 0 unspecified atom stereocenters. The molecule has 1 aliphatic rings. The maximum atomic E-state index is 5.38. The van der Waals surface area contributed by atoms with Gasteiger partial charge in [-0.3, -0.25) is 9.89 Å². The number of nitrogens with one attached hydrogen (secondary N) is 2. The van der Waals surface area contributed by atoms with Crippen molar-refractivity contribution >= 4 is 35.6 Å². The van der Waals surface area contributed by atoms with Crippen LogP contribution in [0.15, 0.2) is 29.3 Å². The lowest BCUT2D eigenvalue weighted by Gasteiger charge is -2.26. The van der Waals surface area contributed by atoms with E-state index in [2.05, 4.69) is 65.7 Å². The van der Waals surface area contributed by atoms with Crippen LogP contribution < -0.4 is 15.5 Å². The smallest absolute Gasteiger partial charge is 0.191 e. The van der Waals surface area contributed by atoms with Gasteiger partial charge in [0.05, 0.1) is 13.2 Å². The zero-order chi connectivity index (χ0) is 18.6. The Kier molecular flexibility index (Phi) is 12.4. The van der Waals surface area contributed by atoms with Gasteiger partial charge in [0.25, 0.3) is 0 Å². The van der Waals surface area contributed by atoms with E-state index in [9.17, 15) is 0 Å². The molecule has 0 spiro atoms. The van der Waals surface area contributed by atoms with Crippen LogP contribution in [0.4, 0.5) is 5.69 Å². The van der Waals surface area contributed by atoms with Crippen molar-refractivity contribution in [1.29, 1.82) is 0 Å². The minimum absolute atomic E-state index is 0. The molecule has 1 aromatic carbocycles. The molecule has 1 aliphatic heterocycles. The summed E-state index contributed by atoms with van der Waals surface area (Å²) < 4.78 is 5.38. The summed E-state index contributed by atoms with van der Waals surface area (Å²) >= 11 is 0. The number of anilines is 1. The van der Waals surface area contributed by atoms with E-state index in [0.29, 0.717) is 0 Å². The van der Waals surface area contributed by atoms with Crippen LogP contribution in [0.5, 0.6) is 0 Å². The van der Waals surface area contributed by atoms with Crippen molar-refractivity contribution in [2.45, 2.75) is 19.8 Å². The van der Waals surface area contributed by atoms with E-state index >= 15 is 0 Å². The largest absolute Gasteiger partial charge is 0.379 e. The Hall–Kier alpha value is -1.06. The molecule has 0 aliphatic carbocycles. The van der Waals surface area contributed by atoms with Crippen molar-refractivity contribution in [2.75, 3.05) is 71.5 Å². The lowest BCUT2D eigenvalue weighted by molar-refractivity contribution is 0.0377. The molecule has 0 aromatic heterocycles. The summed E-state index contributed by atoms with van der Waals surface area (Å²) in [5, 5.41) is 6.77. The third-order valence-corrected chi connectivity index (χ3v) is 4.51. The molecule has 1 fully saturated rings. The van der Waals surface area contributed by atoms with Crippen LogP contribution in [0.1, 0.15) is 18.9 Å². The number of aliphatic imine (C=N–C) groups is 1. The van der Waals surface area contributed by atoms with Crippen molar-refractivity contribution in [3.8, 4) is 0 Å². The van der Waals surface area contributed by atoms with Gasteiger partial charge >= 0.3 is 0 Å². The molecule has 154 valence electrons. The first-order valence-corrected chi connectivity index (χ1v) is 9.77. The van der Waals surface area contributed by atoms with Gasteiger partial charge in [-0.2, -0.15) is 0 Å². The highest BCUT2D eigenvalue weighted by molar-refractivity contribution is 14.0. The molecule has 1 heterocycles. The predicted molar refractivity (Wildman–Crippen MR) is 126 cm³/mol. The fraction of sp³-hybridized carbons (Fsp3) is 0.650. The van der Waals surface area contributed by atoms with Gasteiger partial charge in [0.15, 0.2) is 5.96 Å². The van der Waals surface area contributed by atoms with Gasteiger partial charge in [0.2, 0.25) is 0 Å². The molecule has 6 nitrogen and oxygen atoms in total. The number of morpholine rings is 1. The van der Waals surface area contributed by atoms with Crippen LogP contribution in [0, 0.1) is 0 Å². The normalized spacial score (nSPS) is 15.1. The van der Waals surface area contributed by atoms with E-state index < -0.39 is 0 Å². The summed E-state index contributed by atoms with van der Waals surface area (Å²) in [4.78, 5) is 9.27. The van der Waals surface area contributed by atoms with Gasteiger partial charge in [-0.25, -0.2) is 0 Å². The second-order valence-corrected chi connectivity index (χ2v) is 6.81. The molecular weight excluding hydrogens is 453 g/mol. The van der Waals surface area contributed by atoms with Gasteiger partial charge in [-0.15, -0.1) is 24.0 Å². The molecule has 2 N–H and O–H groups in total. The molecule has 0 atom stereocenters. The summed E-state index contributed by atoms with van der Waals surface area (Å²) in [7, 11) is 4.13. The molecule has 2 rings (SSSR count). The Morgan fingerprint density at radius 2 is 1.85 bits per heavy atom. The lowest BCUT2D eigenvalue weighted by atomic mass is 10.1. The van der Waals surface area contributed by atoms with Crippen LogP contribution >= 0.6 is 24.0 Å². The highest BCUT2D eigenvalue weighted by atomic mass is 127. The summed E-state index contributed by atoms with van der Waals surface area (Å²) in [5.41, 5.74) is 2.57. The summed E-state index contributed by atoms with van der Waals surface area (Å²) in [6.07, 6.45) is 2.08. The highest BCUT2D eigenvalue weighted by Gasteiger charge is 2.09. The van der Waals surface area contributed by atoms with Crippen molar-refractivity contribution in [2.24, 2.45) is 4.99 Å². The zero-order valence-corrected chi connectivity index (χ0v) is 19.4. The first kappa shape index (κ1) is 24.0. The molecule has 0 amide bonds. The van der Waals surface area contributed by atoms with Crippen LogP contribution in [-0.4, -0.2) is 77.4 Å². The number of ether oxygens (including phenoxy) is 1. The second-order valence-electron chi connectivity index (χ2n) is 6.81. The first-order valence-electron chi connectivity index (χ1n) is 9.77. The number of halogens is 1. The van der Waals surface area contributed by atoms with Gasteiger partial charge in [-0.05, 0) is 37.5 Å². The van der Waals surface area contributed by atoms with Crippen molar-refractivity contribution < 1.29 is 4.74 Å². The Balaban J connectivity index is 0.00000364. The topological polar surface area (TPSA) is 52.1 Å². The van der Waals surface area contributed by atoms with E-state index in [4.69, 9.17) is 9.73 Å². The number of hydrogen-bond acceptors (Lipinski definition) is 4. The second kappa shape index (κ2) is 14.0. The Labute approximate surface area is 181 Å². The average molecular weight is 489 g/mol. The summed E-state index contributed by atoms with van der Waals surface area (Å²) in [6.45, 7) is 9.65. The van der Waals surface area contributed by atoms with E-state index in [0.717, 1.165) is 71.3 Å². The summed E-state index contributed by atoms with van der Waals surface area (Å²) in [6, 6.07) is 8.73. The zero-order valence-electron chi connectivity index (χ0n) is 17.0. The quantitative estimate of drug-likeness (QED) is 0.241. The van der Waals surface area contributed by atoms with Crippen molar-refractivity contribution in [3.05, 3.63) is 29.8 Å². The van der Waals surface area contributed by atoms with Crippen molar-refractivity contribution in [3.63, 3.8) is 0 Å². The molecule has 0 bridgehead atoms. The standard InChI is InChI=1S/C20H35N5O.HI/c1-4-21-20(22-11-5-13-25-14-16-26-17-15-25)23-12-10-18-6-8-19(9-7-18)24(2)3;/h6-9H,4-5,10-17H2,1-3H3,(H2,21,22,23);1H. The fourth-order valence-electron chi connectivity index (χ4n) is 2.94. The molecule has 1 aromatic rings. The van der Waals surface area contributed by atoms with Gasteiger partial charge in [0.1, 0.15) is 0 Å². The number of benzene rings is 1. The first-order chi connectivity index (χ1) is 12.7. The minimum Gasteiger partial charge on any atom is -0.379 e. The Morgan fingerprint density at radius 3 is 2.48 bits per heavy atom. The monoisotopic (exact) mass is 489 g/mol. The SMILES string of the molecule is CCNC(=NCCCN1CCOCC1)NCCc1ccc(N(C)C)cc1.I. The van der Waals surface area contributed by atoms with E-state index in [1.165, 1.54) is 11.3 Å². The number of nitrogens with zero attached hydrogens (tertiary/aromatic N) is 3. The van der Waals surface area contributed by atoms with Crippen LogP contribution in [0.3, 0.4) is 0 Å². The van der Waals surface area contributed by atoms with E-state index in [1.807, 2.05) is 0 Å². The van der Waals surface area contributed by atoms with E-state index in [-0.39, 0.29) is 24.0 Å². The van der Waals surface area contributed by atoms with Crippen LogP contribution in [-0.2, 0) is 11.2 Å². The molecule has 1 saturated heterocycles. The molecule has 27 heavy (non-hydrogen) atoms. The third-order valence-electron chi connectivity index (χ3n) is 4.51. The molecule has 0 saturated carbocycles. The van der Waals surface area contributed by atoms with Gasteiger partial charge < -0.3 is 20.3 Å². The van der Waals surface area contributed by atoms with Crippen LogP contribution in [0.2, 0.25) is 0 Å². The maximum Gasteiger partial charge on any atom is 0.191 e. The maximum absolute atomic E-state index is 5.38. The minimum atomic E-state index is 0. The van der Waals surface area contributed by atoms with Gasteiger partial charge in [-0.1, -0.05) is 12.1 Å². The van der Waals surface area contributed by atoms with Crippen LogP contribution in [0.25, 0.3) is 0 Å². The van der Waals surface area contributed by atoms with E-state index in [1.54, 1.807) is 0 Å². The molecular formula is C20H36IN5O. The summed E-state index contributed by atoms with van der Waals surface area (Å²) in [5.74, 6) is 0.916. The number of guanidine groups is 1. The number of rotatable bonds is 9. The average Bonchev–Trinajstić information content (AvgIpc) is 2.66. The van der Waals surface area contributed by atoms with Gasteiger partial charge in [0, 0.05) is 59.1 Å². The molecule has 0 radical (unpaired) electrons. The highest BCUT2D eigenvalue weighted by Crippen LogP contribution is 2.12. The predicted octanol–water partition coefficient (Wildman–Crippen LogP) is 2.19.